The van der Waals surface area contributed by atoms with Crippen molar-refractivity contribution in [2.24, 2.45) is 0 Å². The summed E-state index contributed by atoms with van der Waals surface area (Å²) in [5.41, 5.74) is 0. The minimum Gasteiger partial charge on any atom is -0.505 e. The largest absolute Gasteiger partial charge is 0.505 e. The van der Waals surface area contributed by atoms with Crippen molar-refractivity contribution in [3.8, 4) is 0 Å². The second-order valence-electron chi connectivity index (χ2n) is 2.14. The van der Waals surface area contributed by atoms with Gasteiger partial charge in [-0.3, -0.25) is 0 Å². The lowest BCUT2D eigenvalue weighted by Crippen LogP contribution is -2.13. The normalized spacial score (nSPS) is 24.1. The molecule has 0 unspecified atom stereocenters. The van der Waals surface area contributed by atoms with Gasteiger partial charge in [0.05, 0.1) is 0 Å². The lowest BCUT2D eigenvalue weighted by Gasteiger charge is -2.05. The molecule has 5 heteroatoms. The number of carbonyl (C=O) groups excluding carboxylic acids is 1. The maximum absolute atomic E-state index is 10.5. The van der Waals surface area contributed by atoms with E-state index in [1.165, 1.54) is 0 Å². The first-order chi connectivity index (χ1) is 5.16. The number of rotatable bonds is 2. The highest BCUT2D eigenvalue weighted by Gasteiger charge is 2.33. The van der Waals surface area contributed by atoms with Crippen LogP contribution in [0.5, 0.6) is 0 Å². The molecule has 0 saturated heterocycles. The third-order valence-corrected chi connectivity index (χ3v) is 1.38. The van der Waals surface area contributed by atoms with Crippen molar-refractivity contribution in [3.05, 3.63) is 11.5 Å². The number of aliphatic hydroxyl groups excluding tert-OH is 3. The summed E-state index contributed by atoms with van der Waals surface area (Å²) in [4.78, 5) is 10.5. The fourth-order valence-corrected chi connectivity index (χ4v) is 0.811. The maximum atomic E-state index is 10.5. The molecular formula is C6H8O5. The van der Waals surface area contributed by atoms with Crippen LogP contribution >= 0.6 is 0 Å². The van der Waals surface area contributed by atoms with Gasteiger partial charge in [-0.15, -0.1) is 0 Å². The van der Waals surface area contributed by atoms with Gasteiger partial charge in [-0.1, -0.05) is 0 Å². The lowest BCUT2D eigenvalue weighted by molar-refractivity contribution is -0.142. The Morgan fingerprint density at radius 3 is 2.45 bits per heavy atom. The number of ether oxygens (including phenoxy) is 1. The van der Waals surface area contributed by atoms with E-state index in [2.05, 4.69) is 4.74 Å². The van der Waals surface area contributed by atoms with Crippen LogP contribution in [0.15, 0.2) is 11.5 Å². The van der Waals surface area contributed by atoms with Crippen LogP contribution in [0.4, 0.5) is 0 Å². The molecule has 1 heterocycles. The summed E-state index contributed by atoms with van der Waals surface area (Å²) >= 11 is 0. The van der Waals surface area contributed by atoms with E-state index in [0.717, 1.165) is 0 Å². The van der Waals surface area contributed by atoms with Gasteiger partial charge in [0.2, 0.25) is 5.76 Å². The van der Waals surface area contributed by atoms with Crippen LogP contribution in [-0.2, 0) is 9.53 Å². The smallest absolute Gasteiger partial charge is 0.377 e. The predicted octanol–water partition coefficient (Wildman–Crippen LogP) is -0.378. The summed E-state index contributed by atoms with van der Waals surface area (Å²) in [7, 11) is 0. The molecule has 0 spiro atoms. The quantitative estimate of drug-likeness (QED) is 0.479. The van der Waals surface area contributed by atoms with Crippen LogP contribution in [0.25, 0.3) is 0 Å². The minimum absolute atomic E-state index is 0.0988. The van der Waals surface area contributed by atoms with Gasteiger partial charge in [-0.2, -0.15) is 0 Å². The highest BCUT2D eigenvalue weighted by molar-refractivity contribution is 5.88. The molecule has 0 saturated carbocycles. The van der Waals surface area contributed by atoms with Gasteiger partial charge < -0.3 is 20.1 Å². The van der Waals surface area contributed by atoms with E-state index in [9.17, 15) is 4.79 Å². The van der Waals surface area contributed by atoms with Gasteiger partial charge in [0.1, 0.15) is 0 Å². The van der Waals surface area contributed by atoms with E-state index in [1.54, 1.807) is 0 Å². The fraction of sp³-hybridized carbons (Fsp3) is 0.500. The summed E-state index contributed by atoms with van der Waals surface area (Å²) in [6.45, 7) is -0.213. The number of cyclic esters (lactones) is 1. The highest BCUT2D eigenvalue weighted by Crippen LogP contribution is 2.20. The molecule has 0 aliphatic carbocycles. The predicted molar refractivity (Wildman–Crippen MR) is 33.9 cm³/mol. The molecule has 0 radical (unpaired) electrons. The molecule has 0 bridgehead atoms. The molecule has 0 aromatic rings. The molecule has 1 atom stereocenters. The number of hydrogen-bond acceptors (Lipinski definition) is 5. The Morgan fingerprint density at radius 2 is 2.09 bits per heavy atom. The van der Waals surface area contributed by atoms with E-state index in [1.807, 2.05) is 0 Å². The van der Waals surface area contributed by atoms with Crippen LogP contribution in [0.2, 0.25) is 0 Å². The molecule has 1 aliphatic rings. The Labute approximate surface area is 62.5 Å². The van der Waals surface area contributed by atoms with Crippen LogP contribution < -0.4 is 0 Å². The zero-order chi connectivity index (χ0) is 8.43. The Kier molecular flexibility index (Phi) is 2.00. The monoisotopic (exact) mass is 160 g/mol. The van der Waals surface area contributed by atoms with Crippen molar-refractivity contribution in [2.45, 2.75) is 12.5 Å². The average molecular weight is 160 g/mol. The molecule has 62 valence electrons. The van der Waals surface area contributed by atoms with E-state index in [0.29, 0.717) is 0 Å². The molecule has 3 N–H and O–H groups in total. The van der Waals surface area contributed by atoms with Gasteiger partial charge in [0.15, 0.2) is 11.9 Å². The van der Waals surface area contributed by atoms with Crippen LogP contribution in [0.1, 0.15) is 6.42 Å². The number of aliphatic hydroxyl groups is 3. The van der Waals surface area contributed by atoms with Crippen LogP contribution in [0.3, 0.4) is 0 Å². The summed E-state index contributed by atoms with van der Waals surface area (Å²) in [5.74, 6) is -2.20. The van der Waals surface area contributed by atoms with Gasteiger partial charge in [0, 0.05) is 13.0 Å². The van der Waals surface area contributed by atoms with Gasteiger partial charge in [-0.25, -0.2) is 4.79 Å². The molecule has 0 aromatic carbocycles. The first kappa shape index (κ1) is 7.87. The van der Waals surface area contributed by atoms with Crippen LogP contribution in [0, 0.1) is 0 Å². The van der Waals surface area contributed by atoms with E-state index in [-0.39, 0.29) is 13.0 Å². The molecule has 0 fully saturated rings. The molecule has 1 rings (SSSR count). The number of carbonyl (C=O) groups is 1. The second-order valence-corrected chi connectivity index (χ2v) is 2.14. The Morgan fingerprint density at radius 1 is 1.45 bits per heavy atom. The average Bonchev–Trinajstić information content (AvgIpc) is 2.19. The summed E-state index contributed by atoms with van der Waals surface area (Å²) in [5, 5.41) is 26.1. The molecule has 11 heavy (non-hydrogen) atoms. The Balaban J connectivity index is 2.69. The SMILES string of the molecule is O=C1O[C@H](CCO)C(O)=C1O. The number of hydrogen-bond donors (Lipinski definition) is 3. The molecule has 0 aromatic heterocycles. The molecule has 5 nitrogen and oxygen atoms in total. The first-order valence-electron chi connectivity index (χ1n) is 3.10. The van der Waals surface area contributed by atoms with Crippen molar-refractivity contribution in [2.75, 3.05) is 6.61 Å². The van der Waals surface area contributed by atoms with Crippen molar-refractivity contribution in [1.82, 2.24) is 0 Å². The standard InChI is InChI=1S/C6H8O5/c7-2-1-3-4(8)5(9)6(10)11-3/h3,7-9H,1-2H2/t3-/m1/s1. The Bertz CT molecular complexity index is 207. The zero-order valence-electron chi connectivity index (χ0n) is 5.65. The van der Waals surface area contributed by atoms with Gasteiger partial charge in [-0.05, 0) is 0 Å². The highest BCUT2D eigenvalue weighted by atomic mass is 16.6. The third-order valence-electron chi connectivity index (χ3n) is 1.38. The van der Waals surface area contributed by atoms with Gasteiger partial charge >= 0.3 is 5.97 Å². The number of esters is 1. The van der Waals surface area contributed by atoms with E-state index in [4.69, 9.17) is 15.3 Å². The second kappa shape index (κ2) is 2.79. The van der Waals surface area contributed by atoms with Crippen molar-refractivity contribution in [1.29, 1.82) is 0 Å². The summed E-state index contributed by atoms with van der Waals surface area (Å²) in [6, 6.07) is 0. The van der Waals surface area contributed by atoms with Crippen molar-refractivity contribution >= 4 is 5.97 Å². The van der Waals surface area contributed by atoms with E-state index >= 15 is 0 Å². The maximum Gasteiger partial charge on any atom is 0.377 e. The third kappa shape index (κ3) is 1.27. The molecule has 0 amide bonds. The fourth-order valence-electron chi connectivity index (χ4n) is 0.811. The van der Waals surface area contributed by atoms with Crippen LogP contribution in [-0.4, -0.2) is 34.0 Å². The topological polar surface area (TPSA) is 87.0 Å². The first-order valence-corrected chi connectivity index (χ1v) is 3.10. The summed E-state index contributed by atoms with van der Waals surface area (Å²) < 4.78 is 4.45. The zero-order valence-corrected chi connectivity index (χ0v) is 5.65. The summed E-state index contributed by atoms with van der Waals surface area (Å²) in [6.07, 6.45) is -0.783. The van der Waals surface area contributed by atoms with Gasteiger partial charge in [0.25, 0.3) is 0 Å². The Hall–Kier alpha value is -1.23. The van der Waals surface area contributed by atoms with E-state index < -0.39 is 23.6 Å². The van der Waals surface area contributed by atoms with Crippen molar-refractivity contribution in [3.63, 3.8) is 0 Å². The molecule has 1 aliphatic heterocycles. The lowest BCUT2D eigenvalue weighted by atomic mass is 10.2. The van der Waals surface area contributed by atoms with Crippen molar-refractivity contribution < 1.29 is 24.9 Å². The molecular weight excluding hydrogens is 152 g/mol. The minimum atomic E-state index is -0.944.